The average Bonchev–Trinajstić information content (AvgIpc) is 2.92. The number of hydrogen-bond donors (Lipinski definition) is 2. The van der Waals surface area contributed by atoms with Crippen molar-refractivity contribution in [3.8, 4) is 0 Å². The van der Waals surface area contributed by atoms with Crippen molar-refractivity contribution in [2.45, 2.75) is 71.9 Å². The third-order valence-electron chi connectivity index (χ3n) is 5.21. The fraction of sp³-hybridized carbons (Fsp3) is 0.824. The minimum atomic E-state index is 0.358. The van der Waals surface area contributed by atoms with Crippen molar-refractivity contribution in [1.29, 1.82) is 0 Å². The van der Waals surface area contributed by atoms with E-state index in [1.165, 1.54) is 31.5 Å². The first kappa shape index (κ1) is 16.5. The Labute approximate surface area is 129 Å². The molecule has 0 aromatic carbocycles. The molecule has 1 heterocycles. The molecule has 0 spiro atoms. The van der Waals surface area contributed by atoms with Crippen LogP contribution >= 0.6 is 0 Å². The van der Waals surface area contributed by atoms with Crippen LogP contribution in [-0.4, -0.2) is 15.6 Å². The predicted octanol–water partition coefficient (Wildman–Crippen LogP) is 3.13. The van der Waals surface area contributed by atoms with Crippen molar-refractivity contribution in [2.24, 2.45) is 23.6 Å². The Morgan fingerprint density at radius 1 is 1.29 bits per heavy atom. The Hall–Kier alpha value is -0.870. The molecule has 1 fully saturated rings. The second-order valence-corrected chi connectivity index (χ2v) is 6.93. The Kier molecular flexibility index (Phi) is 6.24. The van der Waals surface area contributed by atoms with Gasteiger partial charge in [-0.25, -0.2) is 4.98 Å². The van der Waals surface area contributed by atoms with Crippen molar-refractivity contribution in [3.63, 3.8) is 0 Å². The van der Waals surface area contributed by atoms with Crippen LogP contribution in [0.2, 0.25) is 0 Å². The van der Waals surface area contributed by atoms with Crippen LogP contribution in [0.25, 0.3) is 0 Å². The maximum absolute atomic E-state index is 5.85. The van der Waals surface area contributed by atoms with E-state index in [4.69, 9.17) is 5.84 Å². The first-order valence-corrected chi connectivity index (χ1v) is 8.61. The molecule has 0 radical (unpaired) electrons. The summed E-state index contributed by atoms with van der Waals surface area (Å²) in [6, 6.07) is 0.358. The highest BCUT2D eigenvalue weighted by molar-refractivity contribution is 4.97. The molecule has 0 saturated heterocycles. The summed E-state index contributed by atoms with van der Waals surface area (Å²) < 4.78 is 2.27. The van der Waals surface area contributed by atoms with Crippen molar-refractivity contribution >= 4 is 0 Å². The highest BCUT2D eigenvalue weighted by Gasteiger charge is 2.29. The molecule has 0 bridgehead atoms. The van der Waals surface area contributed by atoms with Gasteiger partial charge >= 0.3 is 0 Å². The number of aryl methyl sites for hydroxylation is 1. The van der Waals surface area contributed by atoms with Crippen LogP contribution in [0.4, 0.5) is 0 Å². The van der Waals surface area contributed by atoms with Crippen molar-refractivity contribution in [3.05, 3.63) is 18.2 Å². The van der Waals surface area contributed by atoms with E-state index in [0.29, 0.717) is 12.0 Å². The molecule has 3 N–H and O–H groups in total. The Bertz CT molecular complexity index is 405. The summed E-state index contributed by atoms with van der Waals surface area (Å²) >= 11 is 0. The standard InChI is InChI=1S/C17H32N4/c1-4-10-21-11-9-19-17(21)12-16(20-18)15-7-5-14(6-8-15)13(2)3/h9,11,13-16,20H,4-8,10,12,18H2,1-3H3. The van der Waals surface area contributed by atoms with Gasteiger partial charge in [0.05, 0.1) is 0 Å². The predicted molar refractivity (Wildman–Crippen MR) is 87.6 cm³/mol. The monoisotopic (exact) mass is 292 g/mol. The lowest BCUT2D eigenvalue weighted by Crippen LogP contribution is -2.44. The fourth-order valence-corrected chi connectivity index (χ4v) is 3.75. The molecular formula is C17H32N4. The number of nitrogens with zero attached hydrogens (tertiary/aromatic N) is 2. The van der Waals surface area contributed by atoms with Gasteiger partial charge in [0.1, 0.15) is 5.82 Å². The van der Waals surface area contributed by atoms with E-state index >= 15 is 0 Å². The smallest absolute Gasteiger partial charge is 0.110 e. The largest absolute Gasteiger partial charge is 0.335 e. The zero-order valence-electron chi connectivity index (χ0n) is 13.9. The van der Waals surface area contributed by atoms with E-state index in [0.717, 1.165) is 31.2 Å². The van der Waals surface area contributed by atoms with Gasteiger partial charge in [-0.05, 0) is 49.9 Å². The number of nitrogens with one attached hydrogen (secondary N) is 1. The van der Waals surface area contributed by atoms with Crippen molar-refractivity contribution in [1.82, 2.24) is 15.0 Å². The van der Waals surface area contributed by atoms with Gasteiger partial charge in [0, 0.05) is 31.4 Å². The van der Waals surface area contributed by atoms with E-state index < -0.39 is 0 Å². The summed E-state index contributed by atoms with van der Waals surface area (Å²) in [4.78, 5) is 4.53. The summed E-state index contributed by atoms with van der Waals surface area (Å²) in [7, 11) is 0. The summed E-state index contributed by atoms with van der Waals surface area (Å²) in [6.45, 7) is 7.96. The van der Waals surface area contributed by atoms with Crippen LogP contribution in [0.15, 0.2) is 12.4 Å². The zero-order chi connectivity index (χ0) is 15.2. The summed E-state index contributed by atoms with van der Waals surface area (Å²) in [5.41, 5.74) is 3.07. The normalized spacial score (nSPS) is 24.4. The number of nitrogens with two attached hydrogens (primary N) is 1. The van der Waals surface area contributed by atoms with E-state index in [1.54, 1.807) is 0 Å². The maximum atomic E-state index is 5.85. The molecule has 4 nitrogen and oxygen atoms in total. The molecule has 1 aromatic rings. The quantitative estimate of drug-likeness (QED) is 0.599. The first-order valence-electron chi connectivity index (χ1n) is 8.61. The van der Waals surface area contributed by atoms with Gasteiger partial charge in [0.2, 0.25) is 0 Å². The molecule has 1 saturated carbocycles. The van der Waals surface area contributed by atoms with Crippen LogP contribution in [0.5, 0.6) is 0 Å². The van der Waals surface area contributed by atoms with Crippen LogP contribution < -0.4 is 11.3 Å². The number of aromatic nitrogens is 2. The number of rotatable bonds is 7. The molecule has 4 heteroatoms. The van der Waals surface area contributed by atoms with Crippen LogP contribution in [0.1, 0.15) is 58.7 Å². The van der Waals surface area contributed by atoms with E-state index in [9.17, 15) is 0 Å². The minimum absolute atomic E-state index is 0.358. The second kappa shape index (κ2) is 7.95. The molecule has 1 aliphatic carbocycles. The lowest BCUT2D eigenvalue weighted by atomic mass is 9.74. The molecule has 120 valence electrons. The van der Waals surface area contributed by atoms with E-state index in [1.807, 2.05) is 6.20 Å². The van der Waals surface area contributed by atoms with Gasteiger partial charge in [-0.3, -0.25) is 11.3 Å². The van der Waals surface area contributed by atoms with Gasteiger partial charge in [0.15, 0.2) is 0 Å². The van der Waals surface area contributed by atoms with E-state index in [2.05, 4.69) is 41.9 Å². The third-order valence-corrected chi connectivity index (χ3v) is 5.21. The van der Waals surface area contributed by atoms with Crippen molar-refractivity contribution in [2.75, 3.05) is 0 Å². The Morgan fingerprint density at radius 2 is 1.95 bits per heavy atom. The fourth-order valence-electron chi connectivity index (χ4n) is 3.75. The summed E-state index contributed by atoms with van der Waals surface area (Å²) in [6.07, 6.45) is 11.4. The Balaban J connectivity index is 1.93. The number of hydrazine groups is 1. The van der Waals surface area contributed by atoms with Gasteiger partial charge in [0.25, 0.3) is 0 Å². The third kappa shape index (κ3) is 4.30. The second-order valence-electron chi connectivity index (χ2n) is 6.93. The molecule has 1 aliphatic rings. The minimum Gasteiger partial charge on any atom is -0.335 e. The van der Waals surface area contributed by atoms with Gasteiger partial charge in [-0.15, -0.1) is 0 Å². The summed E-state index contributed by atoms with van der Waals surface area (Å²) in [5.74, 6) is 9.44. The average molecular weight is 292 g/mol. The van der Waals surface area contributed by atoms with Crippen molar-refractivity contribution < 1.29 is 0 Å². The molecule has 0 aliphatic heterocycles. The highest BCUT2D eigenvalue weighted by Crippen LogP contribution is 2.35. The molecule has 1 unspecified atom stereocenters. The van der Waals surface area contributed by atoms with Gasteiger partial charge in [-0.2, -0.15) is 0 Å². The molecule has 1 atom stereocenters. The van der Waals surface area contributed by atoms with Gasteiger partial charge < -0.3 is 4.57 Å². The first-order chi connectivity index (χ1) is 10.2. The number of hydrogen-bond acceptors (Lipinski definition) is 3. The summed E-state index contributed by atoms with van der Waals surface area (Å²) in [5, 5.41) is 0. The number of imidazole rings is 1. The van der Waals surface area contributed by atoms with Crippen LogP contribution in [0.3, 0.4) is 0 Å². The van der Waals surface area contributed by atoms with Gasteiger partial charge in [-0.1, -0.05) is 20.8 Å². The maximum Gasteiger partial charge on any atom is 0.110 e. The molecule has 0 amide bonds. The van der Waals surface area contributed by atoms with Crippen LogP contribution in [-0.2, 0) is 13.0 Å². The lowest BCUT2D eigenvalue weighted by Gasteiger charge is -2.35. The molecular weight excluding hydrogens is 260 g/mol. The lowest BCUT2D eigenvalue weighted by molar-refractivity contribution is 0.186. The topological polar surface area (TPSA) is 55.9 Å². The molecule has 21 heavy (non-hydrogen) atoms. The SMILES string of the molecule is CCCn1ccnc1CC(NN)C1CCC(C(C)C)CC1. The molecule has 1 aromatic heterocycles. The Morgan fingerprint density at radius 3 is 2.52 bits per heavy atom. The van der Waals surface area contributed by atoms with E-state index in [-0.39, 0.29) is 0 Å². The zero-order valence-corrected chi connectivity index (χ0v) is 13.9. The van der Waals surface area contributed by atoms with Crippen LogP contribution in [0, 0.1) is 17.8 Å². The highest BCUT2D eigenvalue weighted by atomic mass is 15.2. The molecule has 2 rings (SSSR count).